The first-order valence-electron chi connectivity index (χ1n) is 8.16. The van der Waals surface area contributed by atoms with Crippen LogP contribution in [0.2, 0.25) is 0 Å². The van der Waals surface area contributed by atoms with Crippen molar-refractivity contribution in [2.24, 2.45) is 5.92 Å². The van der Waals surface area contributed by atoms with Crippen LogP contribution in [-0.4, -0.2) is 25.3 Å². The molecule has 1 atom stereocenters. The number of ketones is 1. The van der Waals surface area contributed by atoms with Gasteiger partial charge < -0.3 is 9.64 Å². The fraction of sp³-hybridized carbons (Fsp3) is 0.300. The number of nitrogens with zero attached hydrogens (tertiary/aromatic N) is 1. The lowest BCUT2D eigenvalue weighted by molar-refractivity contribution is -0.122. The first-order valence-corrected chi connectivity index (χ1v) is 8.16. The van der Waals surface area contributed by atoms with E-state index >= 15 is 0 Å². The van der Waals surface area contributed by atoms with Crippen molar-refractivity contribution in [3.05, 3.63) is 59.7 Å². The minimum atomic E-state index is -0.604. The molecule has 4 heteroatoms. The number of benzene rings is 2. The molecule has 0 N–H and O–H groups in total. The second-order valence-electron chi connectivity index (χ2n) is 6.12. The van der Waals surface area contributed by atoms with Gasteiger partial charge in [0.1, 0.15) is 11.7 Å². The largest absolute Gasteiger partial charge is 0.497 e. The Morgan fingerprint density at radius 1 is 1.17 bits per heavy atom. The van der Waals surface area contributed by atoms with Crippen molar-refractivity contribution in [1.29, 1.82) is 0 Å². The number of carbonyl (C=O) groups excluding carboxylic acids is 2. The summed E-state index contributed by atoms with van der Waals surface area (Å²) in [5.74, 6) is -0.122. The van der Waals surface area contributed by atoms with E-state index in [1.807, 2.05) is 31.2 Å². The normalized spacial score (nSPS) is 17.7. The van der Waals surface area contributed by atoms with Crippen LogP contribution in [0.25, 0.3) is 0 Å². The summed E-state index contributed by atoms with van der Waals surface area (Å²) in [6.07, 6.45) is 1.43. The molecule has 1 saturated heterocycles. The van der Waals surface area contributed by atoms with Gasteiger partial charge in [-0.05, 0) is 61.7 Å². The summed E-state index contributed by atoms with van der Waals surface area (Å²) < 4.78 is 5.12. The minimum absolute atomic E-state index is 0.104. The van der Waals surface area contributed by atoms with Crippen molar-refractivity contribution in [3.63, 3.8) is 0 Å². The monoisotopic (exact) mass is 323 g/mol. The molecular formula is C20H21NO3. The number of anilines is 1. The van der Waals surface area contributed by atoms with Gasteiger partial charge in [-0.15, -0.1) is 0 Å². The van der Waals surface area contributed by atoms with E-state index in [2.05, 4.69) is 0 Å². The van der Waals surface area contributed by atoms with Gasteiger partial charge in [-0.25, -0.2) is 0 Å². The summed E-state index contributed by atoms with van der Waals surface area (Å²) in [7, 11) is 1.58. The van der Waals surface area contributed by atoms with Crippen LogP contribution in [0.3, 0.4) is 0 Å². The average molecular weight is 323 g/mol. The van der Waals surface area contributed by atoms with Gasteiger partial charge in [-0.2, -0.15) is 0 Å². The van der Waals surface area contributed by atoms with Gasteiger partial charge >= 0.3 is 0 Å². The van der Waals surface area contributed by atoms with E-state index in [9.17, 15) is 9.59 Å². The highest BCUT2D eigenvalue weighted by Crippen LogP contribution is 2.27. The van der Waals surface area contributed by atoms with Crippen LogP contribution in [0.1, 0.15) is 28.8 Å². The summed E-state index contributed by atoms with van der Waals surface area (Å²) in [4.78, 5) is 27.4. The lowest BCUT2D eigenvalue weighted by atomic mass is 9.89. The van der Waals surface area contributed by atoms with Crippen LogP contribution in [0.5, 0.6) is 5.75 Å². The molecule has 0 bridgehead atoms. The Labute approximate surface area is 142 Å². The number of ether oxygens (including phenoxy) is 1. The van der Waals surface area contributed by atoms with Crippen LogP contribution in [0.15, 0.2) is 48.5 Å². The standard InChI is InChI=1S/C20H21NO3/c1-14-5-3-6-16(13-14)21-12-4-7-18(20(21)23)19(22)15-8-10-17(24-2)11-9-15/h3,5-6,8-11,13,18H,4,7,12H2,1-2H3. The zero-order valence-electron chi connectivity index (χ0n) is 14.0. The zero-order chi connectivity index (χ0) is 17.1. The summed E-state index contributed by atoms with van der Waals surface area (Å²) in [5, 5.41) is 0. The maximum atomic E-state index is 12.9. The zero-order valence-corrected chi connectivity index (χ0v) is 14.0. The van der Waals surface area contributed by atoms with Gasteiger partial charge in [-0.1, -0.05) is 12.1 Å². The van der Waals surface area contributed by atoms with E-state index in [-0.39, 0.29) is 11.7 Å². The highest BCUT2D eigenvalue weighted by Gasteiger charge is 2.35. The number of rotatable bonds is 4. The molecule has 4 nitrogen and oxygen atoms in total. The SMILES string of the molecule is COc1ccc(C(=O)C2CCCN(c3cccc(C)c3)C2=O)cc1. The maximum absolute atomic E-state index is 12.9. The molecule has 0 spiro atoms. The van der Waals surface area contributed by atoms with E-state index in [4.69, 9.17) is 4.74 Å². The van der Waals surface area contributed by atoms with Crippen molar-refractivity contribution >= 4 is 17.4 Å². The van der Waals surface area contributed by atoms with Gasteiger partial charge in [-0.3, -0.25) is 9.59 Å². The molecule has 1 aliphatic rings. The predicted octanol–water partition coefficient (Wildman–Crippen LogP) is 3.63. The molecule has 1 aliphatic heterocycles. The highest BCUT2D eigenvalue weighted by molar-refractivity contribution is 6.14. The van der Waals surface area contributed by atoms with Crippen molar-refractivity contribution in [1.82, 2.24) is 0 Å². The van der Waals surface area contributed by atoms with E-state index in [0.717, 1.165) is 17.7 Å². The molecule has 2 aromatic rings. The smallest absolute Gasteiger partial charge is 0.237 e. The van der Waals surface area contributed by atoms with Crippen molar-refractivity contribution < 1.29 is 14.3 Å². The number of hydrogen-bond donors (Lipinski definition) is 0. The summed E-state index contributed by atoms with van der Waals surface area (Å²) in [6.45, 7) is 2.66. The van der Waals surface area contributed by atoms with E-state index in [1.165, 1.54) is 0 Å². The number of methoxy groups -OCH3 is 1. The van der Waals surface area contributed by atoms with Crippen LogP contribution >= 0.6 is 0 Å². The molecular weight excluding hydrogens is 302 g/mol. The van der Waals surface area contributed by atoms with Crippen LogP contribution in [0.4, 0.5) is 5.69 Å². The van der Waals surface area contributed by atoms with Gasteiger partial charge in [0, 0.05) is 17.8 Å². The Morgan fingerprint density at radius 2 is 1.92 bits per heavy atom. The second-order valence-corrected chi connectivity index (χ2v) is 6.12. The Kier molecular flexibility index (Phi) is 4.65. The topological polar surface area (TPSA) is 46.6 Å². The fourth-order valence-electron chi connectivity index (χ4n) is 3.13. The number of amides is 1. The lowest BCUT2D eigenvalue weighted by Gasteiger charge is -2.32. The Balaban J connectivity index is 1.82. The number of hydrogen-bond acceptors (Lipinski definition) is 3. The molecule has 0 aromatic heterocycles. The third-order valence-corrected chi connectivity index (χ3v) is 4.44. The summed E-state index contributed by atoms with van der Waals surface area (Å²) in [5.41, 5.74) is 2.52. The van der Waals surface area contributed by atoms with Crippen molar-refractivity contribution in [3.8, 4) is 5.75 Å². The molecule has 1 heterocycles. The van der Waals surface area contributed by atoms with Gasteiger partial charge in [0.15, 0.2) is 5.78 Å². The number of aryl methyl sites for hydroxylation is 1. The number of Topliss-reactive ketones (excluding diaryl/α,β-unsaturated/α-hetero) is 1. The van der Waals surface area contributed by atoms with E-state index in [0.29, 0.717) is 24.3 Å². The van der Waals surface area contributed by atoms with Gasteiger partial charge in [0.25, 0.3) is 0 Å². The second kappa shape index (κ2) is 6.87. The molecule has 1 fully saturated rings. The van der Waals surface area contributed by atoms with Crippen LogP contribution in [-0.2, 0) is 4.79 Å². The van der Waals surface area contributed by atoms with Crippen LogP contribution in [0, 0.1) is 12.8 Å². The van der Waals surface area contributed by atoms with Gasteiger partial charge in [0.2, 0.25) is 5.91 Å². The maximum Gasteiger partial charge on any atom is 0.237 e. The third kappa shape index (κ3) is 3.18. The first kappa shape index (κ1) is 16.2. The predicted molar refractivity (Wildman–Crippen MR) is 93.6 cm³/mol. The number of piperidine rings is 1. The summed E-state index contributed by atoms with van der Waals surface area (Å²) in [6, 6.07) is 14.8. The third-order valence-electron chi connectivity index (χ3n) is 4.44. The summed E-state index contributed by atoms with van der Waals surface area (Å²) >= 11 is 0. The minimum Gasteiger partial charge on any atom is -0.497 e. The fourth-order valence-corrected chi connectivity index (χ4v) is 3.13. The van der Waals surface area contributed by atoms with Crippen molar-refractivity contribution in [2.75, 3.05) is 18.6 Å². The Hall–Kier alpha value is -2.62. The molecule has 0 radical (unpaired) electrons. The molecule has 1 amide bonds. The Morgan fingerprint density at radius 3 is 2.58 bits per heavy atom. The van der Waals surface area contributed by atoms with E-state index in [1.54, 1.807) is 36.3 Å². The molecule has 24 heavy (non-hydrogen) atoms. The first-order chi connectivity index (χ1) is 11.6. The number of carbonyl (C=O) groups is 2. The average Bonchev–Trinajstić information content (AvgIpc) is 2.61. The van der Waals surface area contributed by atoms with Crippen molar-refractivity contribution in [2.45, 2.75) is 19.8 Å². The molecule has 2 aromatic carbocycles. The van der Waals surface area contributed by atoms with E-state index < -0.39 is 5.92 Å². The van der Waals surface area contributed by atoms with Gasteiger partial charge in [0.05, 0.1) is 7.11 Å². The molecule has 0 saturated carbocycles. The Bertz CT molecular complexity index is 752. The quantitative estimate of drug-likeness (QED) is 0.637. The molecule has 1 unspecified atom stereocenters. The molecule has 0 aliphatic carbocycles. The lowest BCUT2D eigenvalue weighted by Crippen LogP contribution is -2.44. The molecule has 124 valence electrons. The molecule has 3 rings (SSSR count). The highest BCUT2D eigenvalue weighted by atomic mass is 16.5. The van der Waals surface area contributed by atoms with Crippen LogP contribution < -0.4 is 9.64 Å².